The number of nitrogens with zero attached hydrogens (tertiary/aromatic N) is 1. The number of halogens is 1. The Morgan fingerprint density at radius 2 is 1.72 bits per heavy atom. The summed E-state index contributed by atoms with van der Waals surface area (Å²) in [6, 6.07) is 11.5. The molecule has 0 radical (unpaired) electrons. The molecule has 0 unspecified atom stereocenters. The zero-order chi connectivity index (χ0) is 22.7. The van der Waals surface area contributed by atoms with E-state index in [9.17, 15) is 17.6 Å². The largest absolute Gasteiger partial charge is 0.322 e. The summed E-state index contributed by atoms with van der Waals surface area (Å²) < 4.78 is 37.6. The van der Waals surface area contributed by atoms with Gasteiger partial charge < -0.3 is 5.32 Å². The first-order chi connectivity index (χ1) is 15.3. The van der Waals surface area contributed by atoms with Crippen LogP contribution in [0.4, 0.5) is 10.1 Å². The van der Waals surface area contributed by atoms with Crippen LogP contribution in [-0.2, 0) is 22.9 Å². The van der Waals surface area contributed by atoms with Gasteiger partial charge in [-0.3, -0.25) is 4.79 Å². The second-order valence-corrected chi connectivity index (χ2v) is 10.2. The Hall–Kier alpha value is -3.04. The zero-order valence-electron chi connectivity index (χ0n) is 17.4. The summed E-state index contributed by atoms with van der Waals surface area (Å²) in [5.41, 5.74) is 3.71. The fourth-order valence-corrected chi connectivity index (χ4v) is 5.52. The minimum atomic E-state index is -3.90. The van der Waals surface area contributed by atoms with Crippen molar-refractivity contribution in [2.24, 2.45) is 5.10 Å². The molecule has 0 saturated heterocycles. The average Bonchev–Trinajstić information content (AvgIpc) is 3.23. The highest BCUT2D eigenvalue weighted by atomic mass is 32.2. The molecule has 4 rings (SSSR count). The number of fused-ring (bicyclic) bond motifs is 1. The van der Waals surface area contributed by atoms with Crippen LogP contribution in [0, 0.1) is 5.82 Å². The quantitative estimate of drug-likeness (QED) is 0.403. The lowest BCUT2D eigenvalue weighted by molar-refractivity contribution is 0.102. The Morgan fingerprint density at radius 1 is 1.03 bits per heavy atom. The highest BCUT2D eigenvalue weighted by Crippen LogP contribution is 2.30. The molecular formula is C23H22FN3O3S2. The fraction of sp³-hybridized carbons (Fsp3) is 0.217. The number of thiophene rings is 1. The van der Waals surface area contributed by atoms with Gasteiger partial charge in [-0.1, -0.05) is 12.1 Å². The van der Waals surface area contributed by atoms with E-state index in [0.29, 0.717) is 17.0 Å². The second kappa shape index (κ2) is 9.22. The summed E-state index contributed by atoms with van der Waals surface area (Å²) >= 11 is 1.65. The molecule has 1 heterocycles. The van der Waals surface area contributed by atoms with Crippen LogP contribution in [0.5, 0.6) is 0 Å². The van der Waals surface area contributed by atoms with Gasteiger partial charge in [-0.25, -0.2) is 4.39 Å². The number of hydrogen-bond acceptors (Lipinski definition) is 5. The maximum absolute atomic E-state index is 13.0. The van der Waals surface area contributed by atoms with Gasteiger partial charge in [0.1, 0.15) is 5.82 Å². The summed E-state index contributed by atoms with van der Waals surface area (Å²) in [6.07, 6.45) is 4.29. The molecule has 166 valence electrons. The number of amides is 1. The van der Waals surface area contributed by atoms with Crippen molar-refractivity contribution in [1.82, 2.24) is 4.83 Å². The van der Waals surface area contributed by atoms with Crippen LogP contribution in [0.3, 0.4) is 0 Å². The number of carbonyl (C=O) groups is 1. The molecule has 0 spiro atoms. The molecule has 0 fully saturated rings. The number of rotatable bonds is 6. The number of anilines is 1. The standard InChI is InChI=1S/C23H22FN3O3S2/c1-15(26-27-32(29,30)19-12-8-17(24)9-13-19)16-6-10-18(11-7-16)25-23(28)21-14-31-22-5-3-2-4-20(21)22/h6-14,27H,2-5H2,1H3,(H,25,28)/b26-15-. The van der Waals surface area contributed by atoms with Crippen LogP contribution in [0.2, 0.25) is 0 Å². The van der Waals surface area contributed by atoms with Gasteiger partial charge in [0, 0.05) is 15.9 Å². The molecule has 0 aliphatic heterocycles. The van der Waals surface area contributed by atoms with Gasteiger partial charge in [-0.05, 0) is 80.1 Å². The third kappa shape index (κ3) is 4.89. The van der Waals surface area contributed by atoms with E-state index in [-0.39, 0.29) is 10.8 Å². The van der Waals surface area contributed by atoms with Gasteiger partial charge in [-0.15, -0.1) is 11.3 Å². The van der Waals surface area contributed by atoms with Gasteiger partial charge in [0.25, 0.3) is 15.9 Å². The van der Waals surface area contributed by atoms with Crippen LogP contribution in [0.15, 0.2) is 63.9 Å². The number of aryl methyl sites for hydroxylation is 1. The molecule has 1 amide bonds. The van der Waals surface area contributed by atoms with E-state index in [1.54, 1.807) is 42.5 Å². The Labute approximate surface area is 190 Å². The van der Waals surface area contributed by atoms with Crippen molar-refractivity contribution < 1.29 is 17.6 Å². The van der Waals surface area contributed by atoms with Crippen molar-refractivity contribution in [3.05, 3.63) is 81.3 Å². The highest BCUT2D eigenvalue weighted by molar-refractivity contribution is 7.89. The van der Waals surface area contributed by atoms with Crippen molar-refractivity contribution in [3.8, 4) is 0 Å². The van der Waals surface area contributed by atoms with E-state index in [4.69, 9.17) is 0 Å². The minimum Gasteiger partial charge on any atom is -0.322 e. The molecule has 1 aliphatic rings. The van der Waals surface area contributed by atoms with Crippen molar-refractivity contribution >= 4 is 38.7 Å². The Bertz CT molecular complexity index is 1260. The first kappa shape index (κ1) is 22.2. The van der Waals surface area contributed by atoms with Gasteiger partial charge in [0.05, 0.1) is 16.2 Å². The Kier molecular flexibility index (Phi) is 6.38. The second-order valence-electron chi connectivity index (χ2n) is 7.54. The predicted molar refractivity (Wildman–Crippen MR) is 124 cm³/mol. The Balaban J connectivity index is 1.42. The van der Waals surface area contributed by atoms with Crippen LogP contribution in [-0.4, -0.2) is 20.0 Å². The van der Waals surface area contributed by atoms with Gasteiger partial charge in [-0.2, -0.15) is 18.4 Å². The molecular weight excluding hydrogens is 449 g/mol. The van der Waals surface area contributed by atoms with E-state index in [1.165, 1.54) is 29.0 Å². The van der Waals surface area contributed by atoms with Crippen LogP contribution in [0.25, 0.3) is 0 Å². The number of sulfonamides is 1. The van der Waals surface area contributed by atoms with E-state index < -0.39 is 15.8 Å². The molecule has 0 bridgehead atoms. The molecule has 3 aromatic rings. The number of carbonyl (C=O) groups excluding carboxylic acids is 1. The highest BCUT2D eigenvalue weighted by Gasteiger charge is 2.20. The number of benzene rings is 2. The van der Waals surface area contributed by atoms with Gasteiger partial charge in [0.2, 0.25) is 0 Å². The Morgan fingerprint density at radius 3 is 2.44 bits per heavy atom. The third-order valence-electron chi connectivity index (χ3n) is 5.32. The molecule has 0 saturated carbocycles. The van der Waals surface area contributed by atoms with Crippen molar-refractivity contribution in [3.63, 3.8) is 0 Å². The summed E-state index contributed by atoms with van der Waals surface area (Å²) in [4.78, 5) is 16.1. The zero-order valence-corrected chi connectivity index (χ0v) is 19.0. The third-order valence-corrected chi connectivity index (χ3v) is 7.64. The lowest BCUT2D eigenvalue weighted by atomic mass is 9.95. The SMILES string of the molecule is C/C(=N/NS(=O)(=O)c1ccc(F)cc1)c1ccc(NC(=O)c2csc3c2CCCC3)cc1. The molecule has 1 aromatic heterocycles. The molecule has 6 nitrogen and oxygen atoms in total. The van der Waals surface area contributed by atoms with Crippen molar-refractivity contribution in [1.29, 1.82) is 0 Å². The average molecular weight is 472 g/mol. The molecule has 9 heteroatoms. The minimum absolute atomic E-state index is 0.0795. The van der Waals surface area contributed by atoms with Crippen LogP contribution < -0.4 is 10.1 Å². The summed E-state index contributed by atoms with van der Waals surface area (Å²) in [7, 11) is -3.90. The van der Waals surface area contributed by atoms with Gasteiger partial charge in [0.15, 0.2) is 0 Å². The molecule has 2 aromatic carbocycles. The summed E-state index contributed by atoms with van der Waals surface area (Å²) in [5.74, 6) is -0.635. The normalized spacial score (nSPS) is 14.0. The van der Waals surface area contributed by atoms with Crippen LogP contribution >= 0.6 is 11.3 Å². The van der Waals surface area contributed by atoms with Crippen molar-refractivity contribution in [2.45, 2.75) is 37.5 Å². The predicted octanol–water partition coefficient (Wildman–Crippen LogP) is 4.72. The first-order valence-electron chi connectivity index (χ1n) is 10.2. The van der Waals surface area contributed by atoms with E-state index in [2.05, 4.69) is 15.2 Å². The molecule has 1 aliphatic carbocycles. The maximum Gasteiger partial charge on any atom is 0.276 e. The number of hydrazone groups is 1. The van der Waals surface area contributed by atoms with E-state index in [1.807, 2.05) is 5.38 Å². The lowest BCUT2D eigenvalue weighted by Gasteiger charge is -2.13. The van der Waals surface area contributed by atoms with E-state index >= 15 is 0 Å². The fourth-order valence-electron chi connectivity index (χ4n) is 3.54. The van der Waals surface area contributed by atoms with Gasteiger partial charge >= 0.3 is 0 Å². The maximum atomic E-state index is 13.0. The molecule has 0 atom stereocenters. The monoisotopic (exact) mass is 471 g/mol. The summed E-state index contributed by atoms with van der Waals surface area (Å²) in [5, 5.41) is 8.81. The topological polar surface area (TPSA) is 87.6 Å². The van der Waals surface area contributed by atoms with Crippen LogP contribution in [0.1, 0.15) is 46.1 Å². The first-order valence-corrected chi connectivity index (χ1v) is 12.5. The van der Waals surface area contributed by atoms with Crippen molar-refractivity contribution in [2.75, 3.05) is 5.32 Å². The number of hydrogen-bond donors (Lipinski definition) is 2. The molecule has 32 heavy (non-hydrogen) atoms. The summed E-state index contributed by atoms with van der Waals surface area (Å²) in [6.45, 7) is 1.67. The smallest absolute Gasteiger partial charge is 0.276 e. The number of nitrogens with one attached hydrogen (secondary N) is 2. The lowest BCUT2D eigenvalue weighted by Crippen LogP contribution is -2.20. The van der Waals surface area contributed by atoms with E-state index in [0.717, 1.165) is 37.0 Å². The molecule has 2 N–H and O–H groups in total.